The standard InChI is InChI=1S/C15H27N3O2/c1-4-9-16-13(8-7-12-6-5-10-20-12)15-14(19-3)11-17-18(15)2/h11-13,16H,4-10H2,1-3H3. The Bertz CT molecular complexity index is 400. The second-order valence-corrected chi connectivity index (χ2v) is 5.44. The van der Waals surface area contributed by atoms with E-state index in [1.807, 2.05) is 11.7 Å². The van der Waals surface area contributed by atoms with E-state index in [0.29, 0.717) is 6.10 Å². The summed E-state index contributed by atoms with van der Waals surface area (Å²) in [5.74, 6) is 0.869. The molecule has 2 heterocycles. The maximum absolute atomic E-state index is 5.73. The Morgan fingerprint density at radius 1 is 1.60 bits per heavy atom. The molecule has 1 aromatic heterocycles. The van der Waals surface area contributed by atoms with Crippen molar-refractivity contribution in [1.82, 2.24) is 15.1 Å². The predicted octanol–water partition coefficient (Wildman–Crippen LogP) is 2.43. The van der Waals surface area contributed by atoms with E-state index < -0.39 is 0 Å². The third-order valence-electron chi connectivity index (χ3n) is 3.94. The molecular weight excluding hydrogens is 254 g/mol. The Labute approximate surface area is 121 Å². The van der Waals surface area contributed by atoms with E-state index in [9.17, 15) is 0 Å². The van der Waals surface area contributed by atoms with Crippen LogP contribution in [0.2, 0.25) is 0 Å². The first-order valence-electron chi connectivity index (χ1n) is 7.67. The van der Waals surface area contributed by atoms with Gasteiger partial charge in [-0.2, -0.15) is 5.10 Å². The van der Waals surface area contributed by atoms with Crippen LogP contribution in [0, 0.1) is 0 Å². The van der Waals surface area contributed by atoms with Crippen molar-refractivity contribution in [2.45, 2.75) is 51.2 Å². The molecule has 5 heteroatoms. The highest BCUT2D eigenvalue weighted by atomic mass is 16.5. The number of hydrogen-bond donors (Lipinski definition) is 1. The van der Waals surface area contributed by atoms with E-state index in [4.69, 9.17) is 9.47 Å². The molecule has 1 aliphatic heterocycles. The molecule has 20 heavy (non-hydrogen) atoms. The number of rotatable bonds is 8. The predicted molar refractivity (Wildman–Crippen MR) is 79.0 cm³/mol. The van der Waals surface area contributed by atoms with Crippen LogP contribution in [0.3, 0.4) is 0 Å². The van der Waals surface area contributed by atoms with E-state index in [0.717, 1.165) is 43.9 Å². The van der Waals surface area contributed by atoms with Crippen molar-refractivity contribution >= 4 is 0 Å². The molecule has 0 aromatic carbocycles. The summed E-state index contributed by atoms with van der Waals surface area (Å²) >= 11 is 0. The van der Waals surface area contributed by atoms with Crippen molar-refractivity contribution in [3.05, 3.63) is 11.9 Å². The molecule has 5 nitrogen and oxygen atoms in total. The molecule has 0 amide bonds. The van der Waals surface area contributed by atoms with Gasteiger partial charge in [-0.15, -0.1) is 0 Å². The first-order chi connectivity index (χ1) is 9.76. The number of nitrogens with one attached hydrogen (secondary N) is 1. The zero-order valence-corrected chi connectivity index (χ0v) is 12.9. The summed E-state index contributed by atoms with van der Waals surface area (Å²) in [6.07, 6.45) is 7.89. The van der Waals surface area contributed by atoms with Crippen molar-refractivity contribution in [2.75, 3.05) is 20.3 Å². The zero-order valence-electron chi connectivity index (χ0n) is 12.9. The second kappa shape index (κ2) is 7.64. The normalized spacial score (nSPS) is 20.2. The first kappa shape index (κ1) is 15.3. The van der Waals surface area contributed by atoms with Crippen LogP contribution in [0.4, 0.5) is 0 Å². The molecule has 0 bridgehead atoms. The van der Waals surface area contributed by atoms with Crippen LogP contribution in [0.5, 0.6) is 5.75 Å². The lowest BCUT2D eigenvalue weighted by Gasteiger charge is -2.21. The molecule has 0 aliphatic carbocycles. The van der Waals surface area contributed by atoms with Gasteiger partial charge in [0.25, 0.3) is 0 Å². The van der Waals surface area contributed by atoms with Gasteiger partial charge in [0.2, 0.25) is 0 Å². The minimum Gasteiger partial charge on any atom is -0.493 e. The lowest BCUT2D eigenvalue weighted by molar-refractivity contribution is 0.0992. The van der Waals surface area contributed by atoms with Gasteiger partial charge in [-0.25, -0.2) is 0 Å². The fourth-order valence-corrected chi connectivity index (χ4v) is 2.86. The smallest absolute Gasteiger partial charge is 0.161 e. The zero-order chi connectivity index (χ0) is 14.4. The van der Waals surface area contributed by atoms with Crippen molar-refractivity contribution in [2.24, 2.45) is 7.05 Å². The van der Waals surface area contributed by atoms with E-state index in [1.54, 1.807) is 13.3 Å². The molecule has 0 spiro atoms. The Hall–Kier alpha value is -1.07. The summed E-state index contributed by atoms with van der Waals surface area (Å²) in [4.78, 5) is 0. The van der Waals surface area contributed by atoms with Crippen molar-refractivity contribution in [3.63, 3.8) is 0 Å². The lowest BCUT2D eigenvalue weighted by atomic mass is 10.0. The van der Waals surface area contributed by atoms with Crippen LogP contribution in [0.1, 0.15) is 50.8 Å². The summed E-state index contributed by atoms with van der Waals surface area (Å²) < 4.78 is 13.1. The van der Waals surface area contributed by atoms with Crippen LogP contribution in [-0.2, 0) is 11.8 Å². The molecule has 1 fully saturated rings. The highest BCUT2D eigenvalue weighted by molar-refractivity contribution is 5.28. The van der Waals surface area contributed by atoms with Crippen molar-refractivity contribution in [3.8, 4) is 5.75 Å². The summed E-state index contributed by atoms with van der Waals surface area (Å²) in [7, 11) is 3.68. The summed E-state index contributed by atoms with van der Waals surface area (Å²) in [5.41, 5.74) is 1.14. The Morgan fingerprint density at radius 3 is 3.10 bits per heavy atom. The molecule has 1 aromatic rings. The number of aryl methyl sites for hydroxylation is 1. The maximum atomic E-state index is 5.73. The minimum absolute atomic E-state index is 0.279. The lowest BCUT2D eigenvalue weighted by Crippen LogP contribution is -2.26. The van der Waals surface area contributed by atoms with Crippen LogP contribution < -0.4 is 10.1 Å². The molecule has 1 saturated heterocycles. The topological polar surface area (TPSA) is 48.3 Å². The van der Waals surface area contributed by atoms with Gasteiger partial charge in [-0.05, 0) is 38.6 Å². The van der Waals surface area contributed by atoms with Gasteiger partial charge in [0.15, 0.2) is 5.75 Å². The second-order valence-electron chi connectivity index (χ2n) is 5.44. The molecule has 1 aliphatic rings. The van der Waals surface area contributed by atoms with Crippen LogP contribution >= 0.6 is 0 Å². The van der Waals surface area contributed by atoms with Gasteiger partial charge in [0, 0.05) is 13.7 Å². The van der Waals surface area contributed by atoms with E-state index >= 15 is 0 Å². The number of methoxy groups -OCH3 is 1. The van der Waals surface area contributed by atoms with E-state index in [1.165, 1.54) is 12.8 Å². The maximum Gasteiger partial charge on any atom is 0.161 e. The SMILES string of the molecule is CCCNC(CCC1CCCO1)c1c(OC)cnn1C. The molecule has 0 saturated carbocycles. The summed E-state index contributed by atoms with van der Waals surface area (Å²) in [6.45, 7) is 4.11. The Kier molecular flexibility index (Phi) is 5.86. The first-order valence-corrected chi connectivity index (χ1v) is 7.67. The highest BCUT2D eigenvalue weighted by Crippen LogP contribution is 2.29. The molecule has 114 valence electrons. The van der Waals surface area contributed by atoms with Gasteiger partial charge >= 0.3 is 0 Å². The van der Waals surface area contributed by atoms with Crippen LogP contribution in [-0.4, -0.2) is 36.1 Å². The monoisotopic (exact) mass is 281 g/mol. The quantitative estimate of drug-likeness (QED) is 0.795. The van der Waals surface area contributed by atoms with Gasteiger partial charge in [-0.3, -0.25) is 4.68 Å². The summed E-state index contributed by atoms with van der Waals surface area (Å²) in [5, 5.41) is 7.93. The molecule has 2 rings (SSSR count). The van der Waals surface area contributed by atoms with Crippen LogP contribution in [0.25, 0.3) is 0 Å². The molecule has 2 atom stereocenters. The largest absolute Gasteiger partial charge is 0.493 e. The Balaban J connectivity index is 2.03. The number of ether oxygens (including phenoxy) is 2. The fraction of sp³-hybridized carbons (Fsp3) is 0.800. The van der Waals surface area contributed by atoms with E-state index in [-0.39, 0.29) is 6.04 Å². The van der Waals surface area contributed by atoms with E-state index in [2.05, 4.69) is 17.3 Å². The molecule has 1 N–H and O–H groups in total. The number of nitrogens with zero attached hydrogens (tertiary/aromatic N) is 2. The van der Waals surface area contributed by atoms with Gasteiger partial charge in [0.05, 0.1) is 31.1 Å². The van der Waals surface area contributed by atoms with Crippen molar-refractivity contribution < 1.29 is 9.47 Å². The minimum atomic E-state index is 0.279. The average Bonchev–Trinajstić information content (AvgIpc) is 3.09. The number of aromatic nitrogens is 2. The summed E-state index contributed by atoms with van der Waals surface area (Å²) in [6, 6.07) is 0.279. The molecular formula is C15H27N3O2. The molecule has 0 radical (unpaired) electrons. The van der Waals surface area contributed by atoms with Crippen LogP contribution in [0.15, 0.2) is 6.20 Å². The van der Waals surface area contributed by atoms with Crippen molar-refractivity contribution in [1.29, 1.82) is 0 Å². The van der Waals surface area contributed by atoms with Gasteiger partial charge in [0.1, 0.15) is 0 Å². The average molecular weight is 281 g/mol. The van der Waals surface area contributed by atoms with Gasteiger partial charge in [-0.1, -0.05) is 6.92 Å². The Morgan fingerprint density at radius 2 is 2.45 bits per heavy atom. The fourth-order valence-electron chi connectivity index (χ4n) is 2.86. The number of hydrogen-bond acceptors (Lipinski definition) is 4. The van der Waals surface area contributed by atoms with Gasteiger partial charge < -0.3 is 14.8 Å². The molecule has 2 unspecified atom stereocenters. The highest BCUT2D eigenvalue weighted by Gasteiger charge is 2.23. The third-order valence-corrected chi connectivity index (χ3v) is 3.94. The third kappa shape index (κ3) is 3.73.